The molecule has 0 N–H and O–H groups in total. The maximum Gasteiger partial charge on any atom is 0.270 e. The van der Waals surface area contributed by atoms with Gasteiger partial charge in [-0.3, -0.25) is 10.1 Å². The van der Waals surface area contributed by atoms with Crippen molar-refractivity contribution in [3.8, 4) is 0 Å². The van der Waals surface area contributed by atoms with E-state index in [2.05, 4.69) is 0 Å². The lowest BCUT2D eigenvalue weighted by Crippen LogP contribution is -2.46. The standard InChI is InChI=1S/C14H21N3O4S2/c1-15(2)10-13-11-22-8-4-7-16(13)23(20,21)14-6-3-5-12(9-14)17(18)19/h3,5-6,9,13H,4,7-8,10-11H2,1-2H3. The number of non-ortho nitro benzene ring substituents is 1. The van der Waals surface area contributed by atoms with Crippen LogP contribution < -0.4 is 0 Å². The van der Waals surface area contributed by atoms with Crippen LogP contribution in [0.1, 0.15) is 6.42 Å². The van der Waals surface area contributed by atoms with E-state index in [0.717, 1.165) is 24.0 Å². The molecule has 128 valence electrons. The number of nitro benzene ring substituents is 1. The van der Waals surface area contributed by atoms with E-state index in [-0.39, 0.29) is 16.6 Å². The van der Waals surface area contributed by atoms with Crippen molar-refractivity contribution in [3.05, 3.63) is 34.4 Å². The highest BCUT2D eigenvalue weighted by atomic mass is 32.2. The van der Waals surface area contributed by atoms with Crippen LogP contribution in [0.2, 0.25) is 0 Å². The van der Waals surface area contributed by atoms with Gasteiger partial charge in [0.1, 0.15) is 0 Å². The molecule has 0 radical (unpaired) electrons. The highest BCUT2D eigenvalue weighted by molar-refractivity contribution is 7.99. The molecular weight excluding hydrogens is 338 g/mol. The number of likely N-dealkylation sites (N-methyl/N-ethyl adjacent to an activating group) is 1. The molecule has 0 bridgehead atoms. The second kappa shape index (κ2) is 7.61. The second-order valence-corrected chi connectivity index (χ2v) is 8.76. The molecule has 1 saturated heterocycles. The van der Waals surface area contributed by atoms with Gasteiger partial charge >= 0.3 is 0 Å². The van der Waals surface area contributed by atoms with Gasteiger partial charge in [0, 0.05) is 37.0 Å². The molecule has 1 aromatic carbocycles. The molecule has 0 amide bonds. The largest absolute Gasteiger partial charge is 0.308 e. The zero-order valence-corrected chi connectivity index (χ0v) is 14.8. The predicted octanol–water partition coefficient (Wildman–Crippen LogP) is 1.65. The Hall–Kier alpha value is -1.16. The Bertz CT molecular complexity index is 664. The van der Waals surface area contributed by atoms with Gasteiger partial charge in [-0.25, -0.2) is 8.42 Å². The van der Waals surface area contributed by atoms with Crippen LogP contribution in [0.4, 0.5) is 5.69 Å². The molecule has 1 aliphatic heterocycles. The first kappa shape index (κ1) is 18.2. The lowest BCUT2D eigenvalue weighted by Gasteiger charge is -2.30. The average Bonchev–Trinajstić information content (AvgIpc) is 2.72. The van der Waals surface area contributed by atoms with Crippen molar-refractivity contribution in [1.82, 2.24) is 9.21 Å². The molecule has 0 aliphatic carbocycles. The molecule has 23 heavy (non-hydrogen) atoms. The second-order valence-electron chi connectivity index (χ2n) is 5.71. The molecule has 2 rings (SSSR count). The van der Waals surface area contributed by atoms with Crippen molar-refractivity contribution >= 4 is 27.5 Å². The van der Waals surface area contributed by atoms with Gasteiger partial charge in [-0.15, -0.1) is 0 Å². The third kappa shape index (κ3) is 4.43. The Morgan fingerprint density at radius 1 is 1.43 bits per heavy atom. The van der Waals surface area contributed by atoms with Crippen LogP contribution in [-0.4, -0.2) is 67.3 Å². The Kier molecular flexibility index (Phi) is 6.01. The summed E-state index contributed by atoms with van der Waals surface area (Å²) in [6.45, 7) is 1.07. The van der Waals surface area contributed by atoms with Gasteiger partial charge < -0.3 is 4.90 Å². The summed E-state index contributed by atoms with van der Waals surface area (Å²) in [7, 11) is 0.0736. The molecule has 9 heteroatoms. The minimum Gasteiger partial charge on any atom is -0.308 e. The van der Waals surface area contributed by atoms with Crippen molar-refractivity contribution in [1.29, 1.82) is 0 Å². The smallest absolute Gasteiger partial charge is 0.270 e. The van der Waals surface area contributed by atoms with Gasteiger partial charge in [0.05, 0.1) is 9.82 Å². The molecule has 7 nitrogen and oxygen atoms in total. The van der Waals surface area contributed by atoms with Gasteiger partial charge in [0.25, 0.3) is 5.69 Å². The number of thioether (sulfide) groups is 1. The Morgan fingerprint density at radius 2 is 2.17 bits per heavy atom. The maximum atomic E-state index is 13.0. The topological polar surface area (TPSA) is 83.8 Å². The Balaban J connectivity index is 2.38. The van der Waals surface area contributed by atoms with E-state index in [1.54, 1.807) is 11.8 Å². The van der Waals surface area contributed by atoms with E-state index in [4.69, 9.17) is 0 Å². The summed E-state index contributed by atoms with van der Waals surface area (Å²) in [6.07, 6.45) is 0.781. The van der Waals surface area contributed by atoms with Crippen LogP contribution in [-0.2, 0) is 10.0 Å². The molecule has 1 aromatic rings. The zero-order chi connectivity index (χ0) is 17.0. The van der Waals surface area contributed by atoms with E-state index in [1.165, 1.54) is 22.5 Å². The lowest BCUT2D eigenvalue weighted by atomic mass is 10.3. The summed E-state index contributed by atoms with van der Waals surface area (Å²) in [6, 6.07) is 5.14. The number of nitro groups is 1. The molecule has 0 saturated carbocycles. The number of benzene rings is 1. The fourth-order valence-corrected chi connectivity index (χ4v) is 5.43. The quantitative estimate of drug-likeness (QED) is 0.587. The molecular formula is C14H21N3O4S2. The molecule has 1 heterocycles. The highest BCUT2D eigenvalue weighted by Crippen LogP contribution is 2.26. The molecule has 0 aromatic heterocycles. The number of sulfonamides is 1. The van der Waals surface area contributed by atoms with Crippen molar-refractivity contribution in [2.75, 3.05) is 38.7 Å². The minimum absolute atomic E-state index is 0.0117. The number of hydrogen-bond acceptors (Lipinski definition) is 6. The van der Waals surface area contributed by atoms with E-state index < -0.39 is 14.9 Å². The summed E-state index contributed by atoms with van der Waals surface area (Å²) in [4.78, 5) is 12.3. The van der Waals surface area contributed by atoms with Crippen LogP contribution in [0, 0.1) is 10.1 Å². The molecule has 1 aliphatic rings. The van der Waals surface area contributed by atoms with E-state index in [1.807, 2.05) is 19.0 Å². The third-order valence-electron chi connectivity index (χ3n) is 3.60. The number of rotatable bonds is 5. The fourth-order valence-electron chi connectivity index (χ4n) is 2.58. The summed E-state index contributed by atoms with van der Waals surface area (Å²) >= 11 is 1.75. The van der Waals surface area contributed by atoms with E-state index >= 15 is 0 Å². The van der Waals surface area contributed by atoms with E-state index in [0.29, 0.717) is 13.1 Å². The van der Waals surface area contributed by atoms with Crippen molar-refractivity contribution in [2.45, 2.75) is 17.4 Å². The first-order chi connectivity index (χ1) is 10.8. The normalized spacial score (nSPS) is 20.4. The summed E-state index contributed by atoms with van der Waals surface area (Å²) < 4.78 is 27.5. The third-order valence-corrected chi connectivity index (χ3v) is 6.74. The highest BCUT2D eigenvalue weighted by Gasteiger charge is 2.33. The SMILES string of the molecule is CN(C)CC1CSCCCN1S(=O)(=O)c1cccc([N+](=O)[O-])c1. The monoisotopic (exact) mass is 359 g/mol. The van der Waals surface area contributed by atoms with Crippen LogP contribution in [0.25, 0.3) is 0 Å². The van der Waals surface area contributed by atoms with Gasteiger partial charge in [-0.1, -0.05) is 6.07 Å². The van der Waals surface area contributed by atoms with Gasteiger partial charge in [0.15, 0.2) is 0 Å². The van der Waals surface area contributed by atoms with Crippen LogP contribution in [0.3, 0.4) is 0 Å². The van der Waals surface area contributed by atoms with Crippen molar-refractivity contribution in [3.63, 3.8) is 0 Å². The average molecular weight is 359 g/mol. The van der Waals surface area contributed by atoms with Crippen molar-refractivity contribution < 1.29 is 13.3 Å². The lowest BCUT2D eigenvalue weighted by molar-refractivity contribution is -0.385. The molecule has 1 atom stereocenters. The van der Waals surface area contributed by atoms with Crippen molar-refractivity contribution in [2.24, 2.45) is 0 Å². The van der Waals surface area contributed by atoms with Crippen LogP contribution in [0.15, 0.2) is 29.2 Å². The van der Waals surface area contributed by atoms with Gasteiger partial charge in [-0.2, -0.15) is 16.1 Å². The zero-order valence-electron chi connectivity index (χ0n) is 13.2. The summed E-state index contributed by atoms with van der Waals surface area (Å²) in [5.74, 6) is 1.65. The Labute approximate surface area is 140 Å². The number of nitrogens with zero attached hydrogens (tertiary/aromatic N) is 3. The maximum absolute atomic E-state index is 13.0. The van der Waals surface area contributed by atoms with Crippen LogP contribution >= 0.6 is 11.8 Å². The molecule has 1 fully saturated rings. The van der Waals surface area contributed by atoms with Gasteiger partial charge in [-0.05, 0) is 32.3 Å². The van der Waals surface area contributed by atoms with Crippen LogP contribution in [0.5, 0.6) is 0 Å². The minimum atomic E-state index is -3.75. The summed E-state index contributed by atoms with van der Waals surface area (Å²) in [5.41, 5.74) is -0.209. The first-order valence-corrected chi connectivity index (χ1v) is 9.90. The first-order valence-electron chi connectivity index (χ1n) is 7.31. The fraction of sp³-hybridized carbons (Fsp3) is 0.571. The van der Waals surface area contributed by atoms with E-state index in [9.17, 15) is 18.5 Å². The summed E-state index contributed by atoms with van der Waals surface area (Å²) in [5, 5.41) is 10.9. The molecule has 0 spiro atoms. The Morgan fingerprint density at radius 3 is 2.83 bits per heavy atom. The predicted molar refractivity (Wildman–Crippen MR) is 91.3 cm³/mol. The molecule has 1 unspecified atom stereocenters. The number of hydrogen-bond donors (Lipinski definition) is 0. The van der Waals surface area contributed by atoms with Gasteiger partial charge in [0.2, 0.25) is 10.0 Å².